The Balaban J connectivity index is 0. The molecule has 1 radical (unpaired) electrons. The predicted octanol–water partition coefficient (Wildman–Crippen LogP) is 5.53. The minimum atomic E-state index is -0.167. The van der Waals surface area contributed by atoms with Gasteiger partial charge in [-0.05, 0) is 13.8 Å². The van der Waals surface area contributed by atoms with Gasteiger partial charge in [0, 0.05) is 6.10 Å². The van der Waals surface area contributed by atoms with E-state index in [2.05, 4.69) is 13.8 Å². The third kappa shape index (κ3) is 20.2. The predicted molar refractivity (Wildman–Crippen MR) is 101 cm³/mol. The van der Waals surface area contributed by atoms with Gasteiger partial charge >= 0.3 is 21.7 Å². The zero-order chi connectivity index (χ0) is 17.3. The maximum atomic E-state index is 8.06. The van der Waals surface area contributed by atoms with Crippen molar-refractivity contribution in [3.8, 4) is 0 Å². The summed E-state index contributed by atoms with van der Waals surface area (Å²) in [6.07, 6.45) is -0.167. The van der Waals surface area contributed by atoms with Crippen LogP contribution in [0.25, 0.3) is 0 Å². The second-order valence-corrected chi connectivity index (χ2v) is 5.03. The molecule has 24 heavy (non-hydrogen) atoms. The van der Waals surface area contributed by atoms with E-state index in [9.17, 15) is 0 Å². The van der Waals surface area contributed by atoms with Gasteiger partial charge in [-0.2, -0.15) is 67.4 Å². The van der Waals surface area contributed by atoms with Crippen molar-refractivity contribution in [2.24, 2.45) is 0 Å². The number of benzene rings is 2. The molecule has 0 aliphatic carbocycles. The number of aliphatic hydroxyl groups excluding tert-OH is 1. The summed E-state index contributed by atoms with van der Waals surface area (Å²) in [4.78, 5) is 0. The molecule has 0 bridgehead atoms. The third-order valence-electron chi connectivity index (χ3n) is 2.24. The molecule has 0 saturated carbocycles. The molecule has 0 unspecified atom stereocenters. The largest absolute Gasteiger partial charge is 3.00 e. The Morgan fingerprint density at radius 3 is 1.12 bits per heavy atom. The molecule has 0 heterocycles. The Morgan fingerprint density at radius 2 is 1.00 bits per heavy atom. The van der Waals surface area contributed by atoms with Crippen molar-refractivity contribution in [3.05, 3.63) is 116 Å². The van der Waals surface area contributed by atoms with Crippen molar-refractivity contribution in [1.82, 2.24) is 0 Å². The summed E-state index contributed by atoms with van der Waals surface area (Å²) in [5.74, 6) is 0. The SMILES string of the molecule is CC(C)O.[CH2-]c1ccccc1.[CH2-]c1ccccc1.[Ti+3].c1cc[cH-]c1. The van der Waals surface area contributed by atoms with Crippen LogP contribution in [0.3, 0.4) is 0 Å². The summed E-state index contributed by atoms with van der Waals surface area (Å²) >= 11 is 0. The van der Waals surface area contributed by atoms with Crippen LogP contribution >= 0.6 is 0 Å². The van der Waals surface area contributed by atoms with E-state index in [0.29, 0.717) is 0 Å². The molecule has 0 amide bonds. The van der Waals surface area contributed by atoms with Crippen LogP contribution in [0.2, 0.25) is 0 Å². The molecule has 1 nitrogen and oxygen atoms in total. The smallest absolute Gasteiger partial charge is 0.394 e. The first-order valence-electron chi connectivity index (χ1n) is 7.61. The number of aliphatic hydroxyl groups is 1. The molecule has 0 aliphatic heterocycles. The minimum Gasteiger partial charge on any atom is -0.394 e. The summed E-state index contributed by atoms with van der Waals surface area (Å²) in [7, 11) is 0. The Morgan fingerprint density at radius 1 is 0.708 bits per heavy atom. The van der Waals surface area contributed by atoms with E-state index >= 15 is 0 Å². The van der Waals surface area contributed by atoms with Gasteiger partial charge in [0.25, 0.3) is 0 Å². The molecule has 2 heteroatoms. The van der Waals surface area contributed by atoms with Crippen molar-refractivity contribution >= 4 is 0 Å². The quantitative estimate of drug-likeness (QED) is 0.415. The fraction of sp³-hybridized carbons (Fsp3) is 0.136. The Kier molecular flexibility index (Phi) is 17.9. The zero-order valence-electron chi connectivity index (χ0n) is 14.6. The standard InChI is InChI=1S/2C7H7.C5H5.C3H8O.Ti/c2*1-7-5-3-2-4-6-7;1-2-4-5-3-1;1-3(2)4;/h2*2-6H,1H2;1-5H;3-4H,1-2H3;/q3*-1;;+3. The van der Waals surface area contributed by atoms with Gasteiger partial charge in [0.1, 0.15) is 0 Å². The topological polar surface area (TPSA) is 20.2 Å². The van der Waals surface area contributed by atoms with Crippen LogP contribution in [0.15, 0.2) is 91.0 Å². The van der Waals surface area contributed by atoms with Crippen molar-refractivity contribution in [1.29, 1.82) is 0 Å². The summed E-state index contributed by atoms with van der Waals surface area (Å²) in [6, 6.07) is 29.7. The van der Waals surface area contributed by atoms with Crippen molar-refractivity contribution < 1.29 is 26.8 Å². The fourth-order valence-corrected chi connectivity index (χ4v) is 1.28. The van der Waals surface area contributed by atoms with Gasteiger partial charge < -0.3 is 5.11 Å². The first kappa shape index (κ1) is 24.5. The van der Waals surface area contributed by atoms with Crippen LogP contribution < -0.4 is 0 Å². The molecule has 0 saturated heterocycles. The number of rotatable bonds is 0. The van der Waals surface area contributed by atoms with Gasteiger partial charge in [0.2, 0.25) is 0 Å². The molecule has 0 fully saturated rings. The molecule has 3 aromatic rings. The molecule has 0 aliphatic rings. The number of hydrogen-bond donors (Lipinski definition) is 1. The second kappa shape index (κ2) is 17.6. The van der Waals surface area contributed by atoms with E-state index in [-0.39, 0.29) is 27.8 Å². The maximum absolute atomic E-state index is 8.06. The van der Waals surface area contributed by atoms with Crippen molar-refractivity contribution in [2.75, 3.05) is 0 Å². The van der Waals surface area contributed by atoms with E-state index in [4.69, 9.17) is 5.11 Å². The average Bonchev–Trinajstić information content (AvgIpc) is 3.08. The van der Waals surface area contributed by atoms with Gasteiger partial charge in [-0.3, -0.25) is 0 Å². The molecule has 0 atom stereocenters. The van der Waals surface area contributed by atoms with E-state index in [1.807, 2.05) is 91.0 Å². The van der Waals surface area contributed by atoms with Crippen LogP contribution in [-0.2, 0) is 21.7 Å². The molecule has 125 valence electrons. The number of hydrogen-bond acceptors (Lipinski definition) is 1. The summed E-state index contributed by atoms with van der Waals surface area (Å²) in [5.41, 5.74) is 2.14. The summed E-state index contributed by atoms with van der Waals surface area (Å²) < 4.78 is 0. The molecule has 1 N–H and O–H groups in total. The van der Waals surface area contributed by atoms with Crippen molar-refractivity contribution in [3.63, 3.8) is 0 Å². The molecule has 3 rings (SSSR count). The van der Waals surface area contributed by atoms with Gasteiger partial charge in [-0.1, -0.05) is 12.1 Å². The molecule has 3 aromatic carbocycles. The van der Waals surface area contributed by atoms with Crippen LogP contribution in [0.5, 0.6) is 0 Å². The van der Waals surface area contributed by atoms with E-state index in [1.54, 1.807) is 13.8 Å². The Labute approximate surface area is 162 Å². The summed E-state index contributed by atoms with van der Waals surface area (Å²) in [6.45, 7) is 10.9. The van der Waals surface area contributed by atoms with Crippen LogP contribution in [0.1, 0.15) is 25.0 Å². The molecular weight excluding hydrogens is 328 g/mol. The van der Waals surface area contributed by atoms with E-state index in [0.717, 1.165) is 11.1 Å². The molecular formula is C22H27OTi. The zero-order valence-corrected chi connectivity index (χ0v) is 16.2. The van der Waals surface area contributed by atoms with E-state index < -0.39 is 0 Å². The van der Waals surface area contributed by atoms with Crippen LogP contribution in [-0.4, -0.2) is 11.2 Å². The first-order chi connectivity index (χ1) is 11.0. The van der Waals surface area contributed by atoms with E-state index in [1.165, 1.54) is 0 Å². The van der Waals surface area contributed by atoms with Gasteiger partial charge in [0.05, 0.1) is 0 Å². The minimum absolute atomic E-state index is 0. The van der Waals surface area contributed by atoms with Gasteiger partial charge in [-0.25, -0.2) is 12.1 Å². The Hall–Kier alpha value is -1.80. The Bertz CT molecular complexity index is 488. The summed E-state index contributed by atoms with van der Waals surface area (Å²) in [5, 5.41) is 8.06. The molecule has 0 aromatic heterocycles. The third-order valence-corrected chi connectivity index (χ3v) is 2.24. The van der Waals surface area contributed by atoms with Crippen LogP contribution in [0.4, 0.5) is 0 Å². The fourth-order valence-electron chi connectivity index (χ4n) is 1.28. The van der Waals surface area contributed by atoms with Gasteiger partial charge in [-0.15, -0.1) is 24.3 Å². The van der Waals surface area contributed by atoms with Crippen LogP contribution in [0, 0.1) is 13.8 Å². The average molecular weight is 355 g/mol. The first-order valence-corrected chi connectivity index (χ1v) is 7.61. The van der Waals surface area contributed by atoms with Crippen molar-refractivity contribution in [2.45, 2.75) is 20.0 Å². The maximum Gasteiger partial charge on any atom is 3.00 e. The normalized spacial score (nSPS) is 8.17. The van der Waals surface area contributed by atoms with Gasteiger partial charge in [0.15, 0.2) is 0 Å². The second-order valence-electron chi connectivity index (χ2n) is 5.03. The monoisotopic (exact) mass is 355 g/mol. The molecule has 0 spiro atoms.